The fourth-order valence-electron chi connectivity index (χ4n) is 7.09. The van der Waals surface area contributed by atoms with Crippen LogP contribution in [0.4, 0.5) is 34.1 Å². The van der Waals surface area contributed by atoms with Gasteiger partial charge in [-0.05, 0) is 54.6 Å². The van der Waals surface area contributed by atoms with E-state index in [9.17, 15) is 39.6 Å². The van der Waals surface area contributed by atoms with Crippen LogP contribution in [0.5, 0.6) is 0 Å². The molecule has 0 saturated carbocycles. The van der Waals surface area contributed by atoms with E-state index in [0.29, 0.717) is 27.5 Å². The molecule has 0 fully saturated rings. The van der Waals surface area contributed by atoms with Crippen molar-refractivity contribution in [3.8, 4) is 0 Å². The summed E-state index contributed by atoms with van der Waals surface area (Å²) in [7, 11) is -0.953. The van der Waals surface area contributed by atoms with Crippen molar-refractivity contribution in [2.45, 2.75) is 32.5 Å². The van der Waals surface area contributed by atoms with Gasteiger partial charge in [-0.25, -0.2) is 47.7 Å². The first-order valence-corrected chi connectivity index (χ1v) is 28.4. The number of fused-ring (bicyclic) bond motifs is 3. The molecule has 76 heavy (non-hydrogen) atoms. The minimum atomic E-state index is -4.29. The summed E-state index contributed by atoms with van der Waals surface area (Å²) in [6.07, 6.45) is 14.4. The Balaban J connectivity index is 0.000000176. The van der Waals surface area contributed by atoms with Crippen LogP contribution in [0.1, 0.15) is 52.2 Å². The van der Waals surface area contributed by atoms with Gasteiger partial charge < -0.3 is 14.7 Å². The van der Waals surface area contributed by atoms with E-state index < -0.39 is 41.0 Å². The summed E-state index contributed by atoms with van der Waals surface area (Å²) in [5.41, 5.74) is 7.42. The molecule has 3 N–H and O–H groups in total. The van der Waals surface area contributed by atoms with Crippen LogP contribution in [0.2, 0.25) is 0 Å². The molecule has 0 atom stereocenters. The highest BCUT2D eigenvalue weighted by molar-refractivity contribution is 9.10. The summed E-state index contributed by atoms with van der Waals surface area (Å²) in [5, 5.41) is 16.9. The number of Topliss-reactive ketones (excluding diaryl/α,β-unsaturated/α-hetero) is 3. The normalized spacial score (nSPS) is 11.4. The van der Waals surface area contributed by atoms with E-state index in [1.807, 2.05) is 54.0 Å². The van der Waals surface area contributed by atoms with E-state index in [-0.39, 0.29) is 33.4 Å². The Labute approximate surface area is 446 Å². The van der Waals surface area contributed by atoms with Crippen LogP contribution >= 0.6 is 26.6 Å². The van der Waals surface area contributed by atoms with Crippen LogP contribution in [0, 0.1) is 0 Å². The number of rotatable bonds is 14. The Morgan fingerprint density at radius 2 is 0.882 bits per heavy atom. The molecule has 0 amide bonds. The largest absolute Gasteiger partial charge is 0.342 e. The number of hydrogen-bond donors (Lipinski definition) is 3. The average molecular weight is 1180 g/mol. The maximum Gasteiger partial charge on any atom is 0.285 e. The van der Waals surface area contributed by atoms with Crippen LogP contribution in [0.3, 0.4) is 0 Å². The first-order chi connectivity index (χ1) is 35.7. The Bertz CT molecular complexity index is 3740. The van der Waals surface area contributed by atoms with Gasteiger partial charge in [0.1, 0.15) is 40.7 Å². The lowest BCUT2D eigenvalue weighted by Crippen LogP contribution is -2.11. The lowest BCUT2D eigenvalue weighted by atomic mass is 10.1. The van der Waals surface area contributed by atoms with Crippen molar-refractivity contribution in [2.75, 3.05) is 40.5 Å². The average Bonchev–Trinajstić information content (AvgIpc) is 4.09. The maximum absolute atomic E-state index is 11.9. The van der Waals surface area contributed by atoms with Gasteiger partial charge in [-0.2, -0.15) is 32.1 Å². The van der Waals surface area contributed by atoms with E-state index in [0.717, 1.165) is 49.7 Å². The lowest BCUT2D eigenvalue weighted by Gasteiger charge is -2.18. The van der Waals surface area contributed by atoms with Gasteiger partial charge in [0.15, 0.2) is 29.1 Å². The number of halogens is 2. The van der Waals surface area contributed by atoms with E-state index >= 15 is 0 Å². The lowest BCUT2D eigenvalue weighted by molar-refractivity contribution is 0.100. The molecule has 3 aromatic carbocycles. The van der Waals surface area contributed by atoms with Gasteiger partial charge >= 0.3 is 0 Å². The van der Waals surface area contributed by atoms with Gasteiger partial charge in [0.05, 0.1) is 70.8 Å². The van der Waals surface area contributed by atoms with Crippen LogP contribution < -0.4 is 14.7 Å². The highest BCUT2D eigenvalue weighted by Crippen LogP contribution is 2.31. The second-order valence-corrected chi connectivity index (χ2v) is 23.0. The van der Waals surface area contributed by atoms with E-state index in [1.165, 1.54) is 44.4 Å². The highest BCUT2D eigenvalue weighted by Gasteiger charge is 2.21. The number of nitrogens with one attached hydrogen (secondary N) is 1. The van der Waals surface area contributed by atoms with Gasteiger partial charge in [0.2, 0.25) is 0 Å². The van der Waals surface area contributed by atoms with Gasteiger partial charge in [-0.15, -0.1) is 0 Å². The second kappa shape index (κ2) is 24.3. The van der Waals surface area contributed by atoms with Crippen molar-refractivity contribution in [2.24, 2.45) is 0 Å². The summed E-state index contributed by atoms with van der Waals surface area (Å²) in [6, 6.07) is 16.2. The minimum absolute atomic E-state index is 0.0564. The first kappa shape index (κ1) is 57.5. The monoisotopic (exact) mass is 1180 g/mol. The third-order valence-electron chi connectivity index (χ3n) is 10.7. The molecule has 0 spiro atoms. The maximum atomic E-state index is 11.9. The number of carbonyl (C=O) groups excluding carboxylic acids is 3. The molecule has 0 saturated heterocycles. The summed E-state index contributed by atoms with van der Waals surface area (Å²) in [5.74, 6) is -1.86. The number of ketones is 3. The van der Waals surface area contributed by atoms with Crippen LogP contribution in [0.25, 0.3) is 32.7 Å². The van der Waals surface area contributed by atoms with Gasteiger partial charge in [0, 0.05) is 85.8 Å². The molecule has 398 valence electrons. The van der Waals surface area contributed by atoms with Crippen LogP contribution in [-0.4, -0.2) is 137 Å². The predicted molar refractivity (Wildman–Crippen MR) is 288 cm³/mol. The summed E-state index contributed by atoms with van der Waals surface area (Å²) in [6.45, 7) is 4.24. The molecular weight excluding hydrogens is 1140 g/mol. The predicted octanol–water partition coefficient (Wildman–Crippen LogP) is 6.52. The van der Waals surface area contributed by atoms with E-state index in [4.69, 9.17) is 19.8 Å². The molecule has 0 aliphatic carbocycles. The number of carbonyl (C=O) groups is 3. The quantitative estimate of drug-likeness (QED) is 0.0451. The number of benzene rings is 3. The Morgan fingerprint density at radius 3 is 1.21 bits per heavy atom. The minimum Gasteiger partial charge on any atom is -0.342 e. The van der Waals surface area contributed by atoms with Crippen molar-refractivity contribution >= 4 is 140 Å². The third-order valence-corrected chi connectivity index (χ3v) is 14.1. The fraction of sp³-hybridized carbons (Fsp3) is 0.200. The second-order valence-electron chi connectivity index (χ2n) is 16.1. The number of nitrogens with zero attached hydrogens (tertiary/aromatic N) is 14. The number of hydrogen-bond acceptors (Lipinski definition) is 21. The first-order valence-electron chi connectivity index (χ1n) is 21.6. The molecule has 0 unspecified atom stereocenters. The smallest absolute Gasteiger partial charge is 0.285 e. The Kier molecular flexibility index (Phi) is 18.4. The number of aromatic amines is 1. The molecule has 0 aliphatic heterocycles. The van der Waals surface area contributed by atoms with Crippen LogP contribution in [0.15, 0.2) is 111 Å². The van der Waals surface area contributed by atoms with E-state index in [1.54, 1.807) is 73.6 Å². The standard InChI is InChI=1S/C15H14ClN5O3S.C15H15N5O4S.C14H13N5O.CH3BrO3S/c1-10(22)15-13-5-11(20(2)12-6-17-8-18-7-12)3-4-14(13)21(19-15)9-25(16,23)24;1-10(21)15-13-5-11(19(2)12-6-16-8-17-7-12)3-4-14(13)20(18-15)9-25(22,23)24;1-9(20)14-12-5-10(3-4-13(12)17-18-14)19(2)11-6-15-8-16-7-11;2-1-6(3,4)5/h3-8H,9H2,1-2H3;3-8H,9H2,1-2H3,(H,22,23,24);3-8H,1-2H3,(H,17,18);1H2,(H,3,4,5). The molecule has 9 aromatic rings. The molecule has 6 heterocycles. The molecule has 31 heteroatoms. The summed E-state index contributed by atoms with van der Waals surface area (Å²) >= 11 is 2.53. The molecule has 26 nitrogen and oxygen atoms in total. The molecule has 9 rings (SSSR count). The Hall–Kier alpha value is -7.74. The van der Waals surface area contributed by atoms with Gasteiger partial charge in [-0.3, -0.25) is 28.6 Å². The fourth-order valence-corrected chi connectivity index (χ4v) is 8.36. The molecule has 0 radical (unpaired) electrons. The van der Waals surface area contributed by atoms with Crippen LogP contribution in [-0.2, 0) is 41.0 Å². The zero-order valence-corrected chi connectivity index (χ0v) is 45.6. The molecule has 0 aliphatic rings. The zero-order valence-electron chi connectivity index (χ0n) is 40.8. The summed E-state index contributed by atoms with van der Waals surface area (Å²) in [4.78, 5) is 64.8. The molecule has 6 aromatic heterocycles. The number of anilines is 6. The molecular formula is C45H45BrClN15O11S3. The molecule has 0 bridgehead atoms. The van der Waals surface area contributed by atoms with Crippen molar-refractivity contribution in [1.29, 1.82) is 0 Å². The zero-order chi connectivity index (χ0) is 55.7. The number of aromatic nitrogens is 12. The van der Waals surface area contributed by atoms with Crippen molar-refractivity contribution in [3.05, 3.63) is 128 Å². The van der Waals surface area contributed by atoms with Gasteiger partial charge in [0.25, 0.3) is 29.3 Å². The van der Waals surface area contributed by atoms with Gasteiger partial charge in [-0.1, -0.05) is 15.9 Å². The van der Waals surface area contributed by atoms with E-state index in [2.05, 4.69) is 66.2 Å². The number of alkyl halides is 1. The highest BCUT2D eigenvalue weighted by atomic mass is 79.9. The topological polar surface area (TPSA) is 345 Å². The SMILES string of the molecule is CC(=O)c1n[nH]c2ccc(N(C)c3cncnc3)cc12.CC(=O)c1nn(CS(=O)(=O)Cl)c2ccc(N(C)c3cncnc3)cc12.CC(=O)c1nn(CS(=O)(=O)O)c2ccc(N(C)c3cncnc3)cc12.O=S(=O)(O)CBr. The third kappa shape index (κ3) is 15.0. The van der Waals surface area contributed by atoms with Crippen molar-refractivity contribution < 1.29 is 48.7 Å². The number of H-pyrrole nitrogens is 1. The Morgan fingerprint density at radius 1 is 0.539 bits per heavy atom. The summed E-state index contributed by atoms with van der Waals surface area (Å²) < 4.78 is 82.9. The van der Waals surface area contributed by atoms with Crippen molar-refractivity contribution in [3.63, 3.8) is 0 Å². The van der Waals surface area contributed by atoms with Crippen molar-refractivity contribution in [1.82, 2.24) is 59.7 Å².